The summed E-state index contributed by atoms with van der Waals surface area (Å²) in [6, 6.07) is 4.61. The van der Waals surface area contributed by atoms with E-state index in [0.717, 1.165) is 5.56 Å². The Hall–Kier alpha value is -2.09. The topological polar surface area (TPSA) is 90.0 Å². The molecular formula is C19H27NO6S. The quantitative estimate of drug-likeness (QED) is 0.654. The van der Waals surface area contributed by atoms with Crippen molar-refractivity contribution >= 4 is 21.7 Å². The molecule has 0 aromatic heterocycles. The lowest BCUT2D eigenvalue weighted by atomic mass is 10.1. The van der Waals surface area contributed by atoms with Gasteiger partial charge in [-0.25, -0.2) is 13.2 Å². The normalized spacial score (nSPS) is 19.3. The molecule has 1 aromatic rings. The molecule has 0 saturated carbocycles. The first kappa shape index (κ1) is 21.2. The van der Waals surface area contributed by atoms with Crippen LogP contribution in [0.25, 0.3) is 0 Å². The number of sulfone groups is 1. The van der Waals surface area contributed by atoms with Crippen LogP contribution < -0.4 is 4.74 Å². The van der Waals surface area contributed by atoms with Gasteiger partial charge in [-0.3, -0.25) is 4.79 Å². The van der Waals surface area contributed by atoms with E-state index in [4.69, 9.17) is 9.47 Å². The van der Waals surface area contributed by atoms with Gasteiger partial charge in [0.15, 0.2) is 16.4 Å². The molecule has 0 bridgehead atoms. The Morgan fingerprint density at radius 1 is 1.33 bits per heavy atom. The number of carbonyl (C=O) groups is 2. The Morgan fingerprint density at radius 2 is 2.04 bits per heavy atom. The molecule has 1 aliphatic heterocycles. The van der Waals surface area contributed by atoms with Crippen molar-refractivity contribution in [3.8, 4) is 5.75 Å². The van der Waals surface area contributed by atoms with E-state index in [9.17, 15) is 18.0 Å². The van der Waals surface area contributed by atoms with Gasteiger partial charge in [0, 0.05) is 12.1 Å². The average Bonchev–Trinajstić information content (AvgIpc) is 2.98. The van der Waals surface area contributed by atoms with Gasteiger partial charge in [0.05, 0.1) is 18.6 Å². The third-order valence-electron chi connectivity index (χ3n) is 4.86. The summed E-state index contributed by atoms with van der Waals surface area (Å²) in [6.45, 7) is 5.20. The third-order valence-corrected chi connectivity index (χ3v) is 6.61. The molecule has 1 saturated heterocycles. The summed E-state index contributed by atoms with van der Waals surface area (Å²) in [5, 5.41) is 0. The number of rotatable bonds is 7. The first-order chi connectivity index (χ1) is 12.7. The van der Waals surface area contributed by atoms with Crippen molar-refractivity contribution in [2.45, 2.75) is 45.7 Å². The fourth-order valence-corrected chi connectivity index (χ4v) is 4.97. The molecule has 1 aliphatic rings. The largest absolute Gasteiger partial charge is 0.496 e. The number of amides is 1. The van der Waals surface area contributed by atoms with E-state index in [1.54, 1.807) is 17.0 Å². The third kappa shape index (κ3) is 5.22. The molecule has 2 rings (SSSR count). The summed E-state index contributed by atoms with van der Waals surface area (Å²) in [5.41, 5.74) is 1.12. The van der Waals surface area contributed by atoms with E-state index >= 15 is 0 Å². The van der Waals surface area contributed by atoms with Crippen molar-refractivity contribution in [3.63, 3.8) is 0 Å². The summed E-state index contributed by atoms with van der Waals surface area (Å²) in [6.07, 6.45) is 1.10. The molecule has 0 radical (unpaired) electrons. The fourth-order valence-electron chi connectivity index (χ4n) is 3.26. The monoisotopic (exact) mass is 397 g/mol. The zero-order valence-electron chi connectivity index (χ0n) is 16.2. The van der Waals surface area contributed by atoms with Gasteiger partial charge < -0.3 is 14.4 Å². The van der Waals surface area contributed by atoms with Crippen molar-refractivity contribution in [2.24, 2.45) is 0 Å². The number of carbonyl (C=O) groups excluding carboxylic acids is 2. The average molecular weight is 397 g/mol. The van der Waals surface area contributed by atoms with Crippen LogP contribution in [0.5, 0.6) is 5.75 Å². The lowest BCUT2D eigenvalue weighted by Gasteiger charge is -2.33. The van der Waals surface area contributed by atoms with Crippen molar-refractivity contribution in [1.29, 1.82) is 0 Å². The maximum Gasteiger partial charge on any atom is 0.342 e. The first-order valence-corrected chi connectivity index (χ1v) is 10.8. The number of aryl methyl sites for hydroxylation is 1. The Bertz CT molecular complexity index is 804. The lowest BCUT2D eigenvalue weighted by molar-refractivity contribution is -0.138. The molecule has 0 N–H and O–H groups in total. The molecule has 1 amide bonds. The molecule has 8 heteroatoms. The highest BCUT2D eigenvalue weighted by atomic mass is 32.2. The fraction of sp³-hybridized carbons (Fsp3) is 0.579. The highest BCUT2D eigenvalue weighted by Gasteiger charge is 2.36. The molecule has 7 nitrogen and oxygen atoms in total. The second kappa shape index (κ2) is 8.73. The van der Waals surface area contributed by atoms with Crippen molar-refractivity contribution in [3.05, 3.63) is 29.3 Å². The molecular weight excluding hydrogens is 370 g/mol. The number of esters is 1. The number of ether oxygens (including phenoxy) is 2. The van der Waals surface area contributed by atoms with Crippen LogP contribution in [-0.4, -0.2) is 62.5 Å². The SMILES string of the molecule is CC[C@@H](C)N(C(=O)COC(=O)c1cc(C)ccc1OC)[C@H]1CCS(=O)(=O)C1. The smallest absolute Gasteiger partial charge is 0.342 e. The van der Waals surface area contributed by atoms with Crippen LogP contribution in [0.1, 0.15) is 42.6 Å². The van der Waals surface area contributed by atoms with E-state index in [1.165, 1.54) is 7.11 Å². The van der Waals surface area contributed by atoms with Gasteiger partial charge >= 0.3 is 5.97 Å². The second-order valence-corrected chi connectivity index (χ2v) is 9.12. The minimum atomic E-state index is -3.12. The van der Waals surface area contributed by atoms with E-state index in [1.807, 2.05) is 26.8 Å². The van der Waals surface area contributed by atoms with Gasteiger partial charge in [-0.05, 0) is 38.8 Å². The maximum absolute atomic E-state index is 12.7. The minimum Gasteiger partial charge on any atom is -0.496 e. The van der Waals surface area contributed by atoms with E-state index in [2.05, 4.69) is 0 Å². The summed E-state index contributed by atoms with van der Waals surface area (Å²) in [5.74, 6) is -0.613. The molecule has 0 spiro atoms. The molecule has 0 aliphatic carbocycles. The molecule has 27 heavy (non-hydrogen) atoms. The van der Waals surface area contributed by atoms with Crippen LogP contribution in [0.2, 0.25) is 0 Å². The van der Waals surface area contributed by atoms with Crippen molar-refractivity contribution in [1.82, 2.24) is 4.90 Å². The minimum absolute atomic E-state index is 0.0390. The zero-order valence-corrected chi connectivity index (χ0v) is 17.0. The molecule has 0 unspecified atom stereocenters. The number of hydrogen-bond acceptors (Lipinski definition) is 6. The highest BCUT2D eigenvalue weighted by molar-refractivity contribution is 7.91. The molecule has 2 atom stereocenters. The standard InChI is InChI=1S/C19H27NO6S/c1-5-14(3)20(15-8-9-27(23,24)12-15)18(21)11-26-19(22)16-10-13(2)6-7-17(16)25-4/h6-7,10,14-15H,5,8-9,11-12H2,1-4H3/t14-,15+/m1/s1. The van der Waals surface area contributed by atoms with Gasteiger partial charge in [0.1, 0.15) is 11.3 Å². The van der Waals surface area contributed by atoms with Gasteiger partial charge in [-0.2, -0.15) is 0 Å². The predicted octanol–water partition coefficient (Wildman–Crippen LogP) is 1.97. The van der Waals surface area contributed by atoms with Crippen LogP contribution in [0, 0.1) is 6.92 Å². The lowest BCUT2D eigenvalue weighted by Crippen LogP contribution is -2.48. The maximum atomic E-state index is 12.7. The van der Waals surface area contributed by atoms with E-state index in [0.29, 0.717) is 18.6 Å². The number of benzene rings is 1. The number of methoxy groups -OCH3 is 1. The number of hydrogen-bond donors (Lipinski definition) is 0. The molecule has 1 heterocycles. The molecule has 150 valence electrons. The van der Waals surface area contributed by atoms with Gasteiger partial charge in [-0.15, -0.1) is 0 Å². The zero-order chi connectivity index (χ0) is 20.2. The van der Waals surface area contributed by atoms with Crippen LogP contribution in [-0.2, 0) is 19.4 Å². The predicted molar refractivity (Wildman–Crippen MR) is 102 cm³/mol. The molecule has 1 aromatic carbocycles. The summed E-state index contributed by atoms with van der Waals surface area (Å²) < 4.78 is 34.0. The van der Waals surface area contributed by atoms with Crippen molar-refractivity contribution < 1.29 is 27.5 Å². The molecule has 1 fully saturated rings. The second-order valence-electron chi connectivity index (χ2n) is 6.90. The van der Waals surface area contributed by atoms with E-state index < -0.39 is 22.4 Å². The Labute approximate surface area is 160 Å². The van der Waals surface area contributed by atoms with Crippen LogP contribution in [0.4, 0.5) is 0 Å². The van der Waals surface area contributed by atoms with Gasteiger partial charge in [-0.1, -0.05) is 18.6 Å². The first-order valence-electron chi connectivity index (χ1n) is 9.01. The Balaban J connectivity index is 2.09. The summed E-state index contributed by atoms with van der Waals surface area (Å²) in [7, 11) is -1.67. The Kier molecular flexibility index (Phi) is 6.86. The highest BCUT2D eigenvalue weighted by Crippen LogP contribution is 2.23. The number of nitrogens with zero attached hydrogens (tertiary/aromatic N) is 1. The van der Waals surface area contributed by atoms with Crippen LogP contribution >= 0.6 is 0 Å². The summed E-state index contributed by atoms with van der Waals surface area (Å²) >= 11 is 0. The van der Waals surface area contributed by atoms with Gasteiger partial charge in [0.2, 0.25) is 0 Å². The Morgan fingerprint density at radius 3 is 2.59 bits per heavy atom. The van der Waals surface area contributed by atoms with Crippen LogP contribution in [0.3, 0.4) is 0 Å². The van der Waals surface area contributed by atoms with Crippen molar-refractivity contribution in [2.75, 3.05) is 25.2 Å². The van der Waals surface area contributed by atoms with E-state index in [-0.39, 0.29) is 35.1 Å². The van der Waals surface area contributed by atoms with Gasteiger partial charge in [0.25, 0.3) is 5.91 Å². The van der Waals surface area contributed by atoms with Crippen LogP contribution in [0.15, 0.2) is 18.2 Å². The summed E-state index contributed by atoms with van der Waals surface area (Å²) in [4.78, 5) is 26.7.